The highest BCUT2D eigenvalue weighted by Crippen LogP contribution is 2.35. The predicted molar refractivity (Wildman–Crippen MR) is 126 cm³/mol. The SMILES string of the molecule is CCCNC(=O)Oc1ccc(OC)c(-c2cncc(-c3cccn3C(=O)OC(C)(C)C)c2)c1. The fraction of sp³-hybridized carbons (Fsp3) is 0.320. The minimum absolute atomic E-state index is 0.377. The Balaban J connectivity index is 1.95. The molecule has 2 heterocycles. The van der Waals surface area contributed by atoms with Crippen molar-refractivity contribution >= 4 is 12.2 Å². The Morgan fingerprint density at radius 3 is 2.55 bits per heavy atom. The Morgan fingerprint density at radius 1 is 1.09 bits per heavy atom. The first kappa shape index (κ1) is 23.8. The number of benzene rings is 1. The molecule has 174 valence electrons. The van der Waals surface area contributed by atoms with Gasteiger partial charge in [-0.15, -0.1) is 0 Å². The van der Waals surface area contributed by atoms with E-state index in [1.54, 1.807) is 50.0 Å². The summed E-state index contributed by atoms with van der Waals surface area (Å²) in [4.78, 5) is 29.0. The minimum atomic E-state index is -0.615. The van der Waals surface area contributed by atoms with E-state index in [2.05, 4.69) is 10.3 Å². The van der Waals surface area contributed by atoms with E-state index in [1.165, 1.54) is 4.57 Å². The van der Waals surface area contributed by atoms with Crippen LogP contribution in [0.1, 0.15) is 34.1 Å². The Kier molecular flexibility index (Phi) is 7.37. The molecule has 0 aliphatic rings. The zero-order valence-electron chi connectivity index (χ0n) is 19.5. The summed E-state index contributed by atoms with van der Waals surface area (Å²) in [6.07, 6.45) is 4.83. The Hall–Kier alpha value is -3.81. The van der Waals surface area contributed by atoms with Gasteiger partial charge >= 0.3 is 12.2 Å². The molecule has 0 saturated carbocycles. The average Bonchev–Trinajstić information content (AvgIpc) is 3.27. The van der Waals surface area contributed by atoms with Crippen LogP contribution in [-0.4, -0.2) is 41.0 Å². The van der Waals surface area contributed by atoms with E-state index in [0.29, 0.717) is 29.3 Å². The molecule has 3 aromatic rings. The quantitative estimate of drug-likeness (QED) is 0.531. The molecule has 0 radical (unpaired) electrons. The van der Waals surface area contributed by atoms with Gasteiger partial charge in [0.2, 0.25) is 0 Å². The number of nitrogens with zero attached hydrogens (tertiary/aromatic N) is 2. The molecule has 0 bridgehead atoms. The summed E-state index contributed by atoms with van der Waals surface area (Å²) in [6.45, 7) is 7.95. The van der Waals surface area contributed by atoms with Crippen molar-refractivity contribution in [1.82, 2.24) is 14.9 Å². The first-order valence-corrected chi connectivity index (χ1v) is 10.7. The lowest BCUT2D eigenvalue weighted by Crippen LogP contribution is -2.27. The van der Waals surface area contributed by atoms with Gasteiger partial charge in [0.25, 0.3) is 0 Å². The van der Waals surface area contributed by atoms with Crippen molar-refractivity contribution in [3.8, 4) is 33.9 Å². The van der Waals surface area contributed by atoms with Gasteiger partial charge in [0.05, 0.1) is 12.8 Å². The van der Waals surface area contributed by atoms with Crippen LogP contribution < -0.4 is 14.8 Å². The zero-order chi connectivity index (χ0) is 24.0. The van der Waals surface area contributed by atoms with Gasteiger partial charge in [0.15, 0.2) is 0 Å². The van der Waals surface area contributed by atoms with Gasteiger partial charge in [0.1, 0.15) is 17.1 Å². The number of nitrogens with one attached hydrogen (secondary N) is 1. The Labute approximate surface area is 193 Å². The maximum absolute atomic E-state index is 12.6. The third kappa shape index (κ3) is 6.12. The highest BCUT2D eigenvalue weighted by atomic mass is 16.6. The summed E-state index contributed by atoms with van der Waals surface area (Å²) in [5.41, 5.74) is 2.18. The van der Waals surface area contributed by atoms with Crippen LogP contribution in [-0.2, 0) is 4.74 Å². The van der Waals surface area contributed by atoms with E-state index in [-0.39, 0.29) is 0 Å². The molecule has 2 aromatic heterocycles. The number of hydrogen-bond acceptors (Lipinski definition) is 6. The first-order valence-electron chi connectivity index (χ1n) is 10.7. The van der Waals surface area contributed by atoms with Crippen LogP contribution in [0.2, 0.25) is 0 Å². The molecule has 1 N–H and O–H groups in total. The highest BCUT2D eigenvalue weighted by Gasteiger charge is 2.20. The smallest absolute Gasteiger partial charge is 0.418 e. The molecule has 0 aliphatic carbocycles. The van der Waals surface area contributed by atoms with E-state index >= 15 is 0 Å². The molecule has 0 atom stereocenters. The standard InChI is InChI=1S/C25H29N3O5/c1-6-11-27-23(29)32-19-9-10-22(31-5)20(14-19)17-13-18(16-26-15-17)21-8-7-12-28(21)24(30)33-25(2,3)4/h7-10,12-16H,6,11H2,1-5H3,(H,27,29). The van der Waals surface area contributed by atoms with Crippen LogP contribution in [0.3, 0.4) is 0 Å². The van der Waals surface area contributed by atoms with Crippen LogP contribution in [0.25, 0.3) is 22.4 Å². The zero-order valence-corrected chi connectivity index (χ0v) is 19.5. The lowest BCUT2D eigenvalue weighted by Gasteiger charge is -2.20. The van der Waals surface area contributed by atoms with Crippen molar-refractivity contribution in [2.75, 3.05) is 13.7 Å². The van der Waals surface area contributed by atoms with Gasteiger partial charge in [-0.25, -0.2) is 9.59 Å². The Morgan fingerprint density at radius 2 is 1.85 bits per heavy atom. The van der Waals surface area contributed by atoms with E-state index in [1.807, 2.05) is 39.8 Å². The second kappa shape index (κ2) is 10.2. The number of carbonyl (C=O) groups excluding carboxylic acids is 2. The Bertz CT molecular complexity index is 1130. The van der Waals surface area contributed by atoms with Crippen molar-refractivity contribution in [2.24, 2.45) is 0 Å². The lowest BCUT2D eigenvalue weighted by atomic mass is 10.0. The third-order valence-corrected chi connectivity index (χ3v) is 4.58. The van der Waals surface area contributed by atoms with Crippen molar-refractivity contribution in [2.45, 2.75) is 39.7 Å². The molecule has 8 nitrogen and oxygen atoms in total. The number of carbonyl (C=O) groups is 2. The molecule has 33 heavy (non-hydrogen) atoms. The van der Waals surface area contributed by atoms with Gasteiger partial charge in [-0.3, -0.25) is 9.55 Å². The van der Waals surface area contributed by atoms with Crippen LogP contribution >= 0.6 is 0 Å². The fourth-order valence-corrected chi connectivity index (χ4v) is 3.16. The highest BCUT2D eigenvalue weighted by molar-refractivity contribution is 5.81. The predicted octanol–water partition coefficient (Wildman–Crippen LogP) is 5.51. The number of hydrogen-bond donors (Lipinski definition) is 1. The fourth-order valence-electron chi connectivity index (χ4n) is 3.16. The molecule has 0 aliphatic heterocycles. The molecule has 0 spiro atoms. The van der Waals surface area contributed by atoms with E-state index < -0.39 is 17.8 Å². The van der Waals surface area contributed by atoms with Crippen molar-refractivity contribution < 1.29 is 23.8 Å². The normalized spacial score (nSPS) is 11.1. The second-order valence-corrected chi connectivity index (χ2v) is 8.38. The molecule has 8 heteroatoms. The lowest BCUT2D eigenvalue weighted by molar-refractivity contribution is 0.0540. The topological polar surface area (TPSA) is 91.7 Å². The second-order valence-electron chi connectivity index (χ2n) is 8.38. The summed E-state index contributed by atoms with van der Waals surface area (Å²) in [5, 5.41) is 2.68. The average molecular weight is 452 g/mol. The summed E-state index contributed by atoms with van der Waals surface area (Å²) in [7, 11) is 1.57. The van der Waals surface area contributed by atoms with Crippen LogP contribution in [0.4, 0.5) is 9.59 Å². The van der Waals surface area contributed by atoms with Crippen molar-refractivity contribution in [1.29, 1.82) is 0 Å². The van der Waals surface area contributed by atoms with Crippen LogP contribution in [0.5, 0.6) is 11.5 Å². The molecule has 0 unspecified atom stereocenters. The maximum Gasteiger partial charge on any atom is 0.418 e. The number of amides is 1. The summed E-state index contributed by atoms with van der Waals surface area (Å²) in [6, 6.07) is 10.6. The first-order chi connectivity index (χ1) is 15.7. The molecule has 1 amide bonds. The van der Waals surface area contributed by atoms with E-state index in [4.69, 9.17) is 14.2 Å². The monoisotopic (exact) mass is 451 g/mol. The minimum Gasteiger partial charge on any atom is -0.496 e. The van der Waals surface area contributed by atoms with Crippen LogP contribution in [0, 0.1) is 0 Å². The number of aromatic nitrogens is 2. The molecular weight excluding hydrogens is 422 g/mol. The molecule has 0 saturated heterocycles. The molecule has 3 rings (SSSR count). The summed E-state index contributed by atoms with van der Waals surface area (Å²) >= 11 is 0. The third-order valence-electron chi connectivity index (χ3n) is 4.58. The van der Waals surface area contributed by atoms with Crippen molar-refractivity contribution in [3.63, 3.8) is 0 Å². The summed E-state index contributed by atoms with van der Waals surface area (Å²) < 4.78 is 17.8. The molecular formula is C25H29N3O5. The largest absolute Gasteiger partial charge is 0.496 e. The maximum atomic E-state index is 12.6. The van der Waals surface area contributed by atoms with E-state index in [9.17, 15) is 9.59 Å². The van der Waals surface area contributed by atoms with Crippen molar-refractivity contribution in [3.05, 3.63) is 55.0 Å². The van der Waals surface area contributed by atoms with Crippen LogP contribution in [0.15, 0.2) is 55.0 Å². The van der Waals surface area contributed by atoms with Gasteiger partial charge in [-0.2, -0.15) is 0 Å². The number of rotatable bonds is 6. The number of ether oxygens (including phenoxy) is 3. The molecule has 0 fully saturated rings. The number of methoxy groups -OCH3 is 1. The summed E-state index contributed by atoms with van der Waals surface area (Å²) in [5.74, 6) is 0.972. The van der Waals surface area contributed by atoms with Gasteiger partial charge in [-0.05, 0) is 63.6 Å². The molecule has 1 aromatic carbocycles. The van der Waals surface area contributed by atoms with Gasteiger partial charge in [-0.1, -0.05) is 6.92 Å². The van der Waals surface area contributed by atoms with Gasteiger partial charge < -0.3 is 19.5 Å². The van der Waals surface area contributed by atoms with Gasteiger partial charge in [0, 0.05) is 41.8 Å². The van der Waals surface area contributed by atoms with E-state index in [0.717, 1.165) is 17.5 Å². The number of pyridine rings is 1.